The van der Waals surface area contributed by atoms with Gasteiger partial charge in [0.1, 0.15) is 17.9 Å². The fourth-order valence-electron chi connectivity index (χ4n) is 2.07. The summed E-state index contributed by atoms with van der Waals surface area (Å²) in [6, 6.07) is 4.91. The van der Waals surface area contributed by atoms with Crippen LogP contribution in [0, 0.1) is 0 Å². The van der Waals surface area contributed by atoms with E-state index < -0.39 is 6.29 Å². The highest BCUT2D eigenvalue weighted by molar-refractivity contribution is 5.80. The van der Waals surface area contributed by atoms with Crippen molar-refractivity contribution < 1.29 is 14.2 Å². The van der Waals surface area contributed by atoms with Crippen molar-refractivity contribution in [3.8, 4) is 5.75 Å². The highest BCUT2D eigenvalue weighted by Gasteiger charge is 2.12. The van der Waals surface area contributed by atoms with Crippen LogP contribution in [0.5, 0.6) is 5.75 Å². The Kier molecular flexibility index (Phi) is 5.30. The van der Waals surface area contributed by atoms with Crippen LogP contribution in [-0.2, 0) is 16.5 Å². The maximum absolute atomic E-state index is 11.8. The minimum absolute atomic E-state index is 0.105. The maximum Gasteiger partial charge on any atom is 0.250 e. The van der Waals surface area contributed by atoms with Gasteiger partial charge in [-0.3, -0.25) is 9.78 Å². The van der Waals surface area contributed by atoms with E-state index >= 15 is 0 Å². The van der Waals surface area contributed by atoms with Crippen LogP contribution in [0.2, 0.25) is 0 Å². The lowest BCUT2D eigenvalue weighted by atomic mass is 10.3. The zero-order chi connectivity index (χ0) is 15.2. The van der Waals surface area contributed by atoms with Crippen molar-refractivity contribution in [2.24, 2.45) is 7.05 Å². The number of aryl methyl sites for hydroxylation is 1. The molecule has 0 amide bonds. The molecule has 2 aromatic heterocycles. The minimum atomic E-state index is -0.427. The monoisotopic (exact) mass is 292 g/mol. The lowest BCUT2D eigenvalue weighted by Crippen LogP contribution is -2.25. The van der Waals surface area contributed by atoms with Gasteiger partial charge in [0.2, 0.25) is 0 Å². The molecular weight excluding hydrogens is 272 g/mol. The second kappa shape index (κ2) is 7.19. The van der Waals surface area contributed by atoms with Crippen molar-refractivity contribution in [3.05, 3.63) is 34.7 Å². The predicted molar refractivity (Wildman–Crippen MR) is 79.5 cm³/mol. The van der Waals surface area contributed by atoms with Gasteiger partial charge in [-0.1, -0.05) is 0 Å². The van der Waals surface area contributed by atoms with E-state index in [1.807, 2.05) is 13.8 Å². The Bertz CT molecular complexity index is 648. The molecule has 0 aliphatic carbocycles. The van der Waals surface area contributed by atoms with E-state index in [1.165, 1.54) is 10.6 Å². The SMILES string of the molecule is CCOC(COc1ccnc2ccc(=O)n(C)c12)OCC. The molecule has 2 rings (SSSR count). The topological polar surface area (TPSA) is 62.6 Å². The van der Waals surface area contributed by atoms with E-state index in [1.54, 1.807) is 25.4 Å². The lowest BCUT2D eigenvalue weighted by molar-refractivity contribution is -0.152. The molecule has 0 unspecified atom stereocenters. The first kappa shape index (κ1) is 15.5. The summed E-state index contributed by atoms with van der Waals surface area (Å²) in [7, 11) is 1.70. The molecule has 0 radical (unpaired) electrons. The normalized spacial score (nSPS) is 11.2. The Morgan fingerprint density at radius 1 is 1.19 bits per heavy atom. The van der Waals surface area contributed by atoms with Crippen molar-refractivity contribution in [1.29, 1.82) is 0 Å². The van der Waals surface area contributed by atoms with Gasteiger partial charge in [0.15, 0.2) is 6.29 Å². The van der Waals surface area contributed by atoms with Gasteiger partial charge in [-0.2, -0.15) is 0 Å². The highest BCUT2D eigenvalue weighted by Crippen LogP contribution is 2.22. The molecule has 2 aromatic rings. The van der Waals surface area contributed by atoms with E-state index in [0.717, 1.165) is 0 Å². The number of hydrogen-bond acceptors (Lipinski definition) is 5. The third kappa shape index (κ3) is 3.59. The molecule has 0 aromatic carbocycles. The second-order valence-electron chi connectivity index (χ2n) is 4.42. The Morgan fingerprint density at radius 2 is 1.90 bits per heavy atom. The van der Waals surface area contributed by atoms with Gasteiger partial charge in [0.05, 0.1) is 5.52 Å². The van der Waals surface area contributed by atoms with Crippen LogP contribution in [0.4, 0.5) is 0 Å². The zero-order valence-corrected chi connectivity index (χ0v) is 12.5. The fraction of sp³-hybridized carbons (Fsp3) is 0.467. The van der Waals surface area contributed by atoms with Crippen LogP contribution in [0.25, 0.3) is 11.0 Å². The van der Waals surface area contributed by atoms with Crippen molar-refractivity contribution in [1.82, 2.24) is 9.55 Å². The lowest BCUT2D eigenvalue weighted by Gasteiger charge is -2.18. The number of hydrogen-bond donors (Lipinski definition) is 0. The largest absolute Gasteiger partial charge is 0.486 e. The van der Waals surface area contributed by atoms with Crippen LogP contribution >= 0.6 is 0 Å². The Labute approximate surface area is 123 Å². The molecule has 2 heterocycles. The number of aromatic nitrogens is 2. The molecule has 0 atom stereocenters. The number of ether oxygens (including phenoxy) is 3. The average molecular weight is 292 g/mol. The van der Waals surface area contributed by atoms with Crippen LogP contribution in [0.15, 0.2) is 29.2 Å². The molecule has 6 nitrogen and oxygen atoms in total. The molecule has 0 N–H and O–H groups in total. The van der Waals surface area contributed by atoms with Gasteiger partial charge in [0, 0.05) is 38.6 Å². The summed E-state index contributed by atoms with van der Waals surface area (Å²) in [6.45, 7) is 5.15. The molecule has 6 heteroatoms. The van der Waals surface area contributed by atoms with E-state index in [9.17, 15) is 4.79 Å². The summed E-state index contributed by atoms with van der Waals surface area (Å²) in [5.41, 5.74) is 1.27. The summed E-state index contributed by atoms with van der Waals surface area (Å²) >= 11 is 0. The number of pyridine rings is 2. The van der Waals surface area contributed by atoms with Crippen LogP contribution in [-0.4, -0.2) is 35.7 Å². The number of fused-ring (bicyclic) bond motifs is 1. The van der Waals surface area contributed by atoms with E-state index in [4.69, 9.17) is 14.2 Å². The molecule has 21 heavy (non-hydrogen) atoms. The van der Waals surface area contributed by atoms with E-state index in [-0.39, 0.29) is 12.2 Å². The molecule has 0 fully saturated rings. The molecule has 0 saturated heterocycles. The Morgan fingerprint density at radius 3 is 2.57 bits per heavy atom. The first-order chi connectivity index (χ1) is 10.2. The van der Waals surface area contributed by atoms with Gasteiger partial charge < -0.3 is 18.8 Å². The fourth-order valence-corrected chi connectivity index (χ4v) is 2.07. The van der Waals surface area contributed by atoms with Crippen LogP contribution in [0.3, 0.4) is 0 Å². The van der Waals surface area contributed by atoms with E-state index in [0.29, 0.717) is 30.0 Å². The smallest absolute Gasteiger partial charge is 0.250 e. The van der Waals surface area contributed by atoms with Gasteiger partial charge in [-0.05, 0) is 19.9 Å². The van der Waals surface area contributed by atoms with Gasteiger partial charge >= 0.3 is 0 Å². The van der Waals surface area contributed by atoms with Crippen molar-refractivity contribution in [3.63, 3.8) is 0 Å². The quantitative estimate of drug-likeness (QED) is 0.727. The summed E-state index contributed by atoms with van der Waals surface area (Å²) < 4.78 is 18.2. The maximum atomic E-state index is 11.8. The first-order valence-electron chi connectivity index (χ1n) is 6.98. The van der Waals surface area contributed by atoms with Gasteiger partial charge in [0.25, 0.3) is 5.56 Å². The summed E-state index contributed by atoms with van der Waals surface area (Å²) in [5.74, 6) is 0.588. The van der Waals surface area contributed by atoms with E-state index in [2.05, 4.69) is 4.98 Å². The summed E-state index contributed by atoms with van der Waals surface area (Å²) in [5, 5.41) is 0. The minimum Gasteiger partial charge on any atom is -0.486 e. The van der Waals surface area contributed by atoms with Crippen molar-refractivity contribution in [2.45, 2.75) is 20.1 Å². The van der Waals surface area contributed by atoms with Crippen LogP contribution < -0.4 is 10.3 Å². The predicted octanol–water partition coefficient (Wildman–Crippen LogP) is 1.71. The molecule has 0 saturated carbocycles. The molecule has 0 aliphatic heterocycles. The van der Waals surface area contributed by atoms with Crippen LogP contribution in [0.1, 0.15) is 13.8 Å². The first-order valence-corrected chi connectivity index (χ1v) is 6.98. The highest BCUT2D eigenvalue weighted by atomic mass is 16.7. The zero-order valence-electron chi connectivity index (χ0n) is 12.5. The molecule has 114 valence electrons. The Balaban J connectivity index is 2.26. The molecular formula is C15H20N2O4. The summed E-state index contributed by atoms with van der Waals surface area (Å²) in [6.07, 6.45) is 1.22. The third-order valence-electron chi connectivity index (χ3n) is 3.05. The van der Waals surface area contributed by atoms with Crippen molar-refractivity contribution >= 4 is 11.0 Å². The van der Waals surface area contributed by atoms with Crippen molar-refractivity contribution in [2.75, 3.05) is 19.8 Å². The third-order valence-corrected chi connectivity index (χ3v) is 3.05. The standard InChI is InChI=1S/C15H20N2O4/c1-4-19-14(20-5-2)10-21-12-8-9-16-11-6-7-13(18)17(3)15(11)12/h6-9,14H,4-5,10H2,1-3H3. The van der Waals surface area contributed by atoms with Gasteiger partial charge in [-0.25, -0.2) is 0 Å². The number of nitrogens with zero attached hydrogens (tertiary/aromatic N) is 2. The number of rotatable bonds is 7. The average Bonchev–Trinajstić information content (AvgIpc) is 2.49. The summed E-state index contributed by atoms with van der Waals surface area (Å²) in [4.78, 5) is 16.0. The molecule has 0 aliphatic rings. The van der Waals surface area contributed by atoms with Gasteiger partial charge in [-0.15, -0.1) is 0 Å². The molecule has 0 bridgehead atoms. The Hall–Kier alpha value is -1.92. The second-order valence-corrected chi connectivity index (χ2v) is 4.42. The molecule has 0 spiro atoms.